The number of hydrogen-bond donors (Lipinski definition) is 0. The molecule has 0 radical (unpaired) electrons. The minimum absolute atomic E-state index is 0.782. The minimum atomic E-state index is -0.826. The van der Waals surface area contributed by atoms with Gasteiger partial charge in [-0.2, -0.15) is 0 Å². The molecule has 0 unspecified atom stereocenters. The van der Waals surface area contributed by atoms with E-state index in [9.17, 15) is 0 Å². The summed E-state index contributed by atoms with van der Waals surface area (Å²) >= 11 is -0.826. The number of halogens is 2. The second-order valence-electron chi connectivity index (χ2n) is 4.45. The maximum atomic E-state index is 4.93. The van der Waals surface area contributed by atoms with Crippen molar-refractivity contribution in [2.75, 3.05) is 0 Å². The van der Waals surface area contributed by atoms with Crippen molar-refractivity contribution in [3.8, 4) is 0 Å². The van der Waals surface area contributed by atoms with Gasteiger partial charge in [0.15, 0.2) is 0 Å². The first-order valence-corrected chi connectivity index (χ1v) is 13.4. The molecule has 1 rings (SSSR count). The van der Waals surface area contributed by atoms with Crippen molar-refractivity contribution in [3.05, 3.63) is 22.3 Å². The molecule has 104 valence electrons. The van der Waals surface area contributed by atoms with Crippen LogP contribution in [0.3, 0.4) is 0 Å². The Bertz CT molecular complexity index is 278. The summed E-state index contributed by atoms with van der Waals surface area (Å²) in [5.74, 6) is 0.782. The first-order chi connectivity index (χ1) is 8.66. The molecule has 1 aliphatic carbocycles. The molecule has 0 bridgehead atoms. The monoisotopic (exact) mass is 366 g/mol. The molecule has 18 heavy (non-hydrogen) atoms. The third kappa shape index (κ3) is 4.50. The van der Waals surface area contributed by atoms with Crippen LogP contribution in [0.4, 0.5) is 0 Å². The quantitative estimate of drug-likeness (QED) is 0.510. The van der Waals surface area contributed by atoms with Crippen molar-refractivity contribution in [3.63, 3.8) is 0 Å². The normalized spacial score (nSPS) is 15.9. The number of hydrogen-bond acceptors (Lipinski definition) is 0. The van der Waals surface area contributed by atoms with Crippen LogP contribution in [0.15, 0.2) is 22.3 Å². The fourth-order valence-corrected chi connectivity index (χ4v) is 3.31. The van der Waals surface area contributed by atoms with E-state index in [1.165, 1.54) is 32.1 Å². The van der Waals surface area contributed by atoms with Gasteiger partial charge < -0.3 is 0 Å². The molecule has 0 nitrogen and oxygen atoms in total. The van der Waals surface area contributed by atoms with Crippen LogP contribution in [0.1, 0.15) is 66.7 Å². The molecule has 0 amide bonds. The van der Waals surface area contributed by atoms with Gasteiger partial charge >= 0.3 is 37.9 Å². The molecule has 0 saturated heterocycles. The molecule has 1 aliphatic rings. The van der Waals surface area contributed by atoms with Crippen LogP contribution in [0.2, 0.25) is 0 Å². The molecule has 0 spiro atoms. The summed E-state index contributed by atoms with van der Waals surface area (Å²) in [6, 6.07) is 0. The van der Waals surface area contributed by atoms with Crippen LogP contribution >= 0.6 is 17.0 Å². The topological polar surface area (TPSA) is 0 Å². The number of rotatable bonds is 5. The molecule has 0 fully saturated rings. The molecule has 0 aromatic carbocycles. The Hall–Kier alpha value is 0.943. The van der Waals surface area contributed by atoms with Crippen LogP contribution in [-0.2, 0) is 20.8 Å². The van der Waals surface area contributed by atoms with E-state index in [1.54, 1.807) is 22.3 Å². The van der Waals surface area contributed by atoms with Crippen LogP contribution in [0, 0.1) is 5.92 Å². The summed E-state index contributed by atoms with van der Waals surface area (Å²) in [6.45, 7) is 11.6. The fraction of sp³-hybridized carbons (Fsp3) is 0.733. The van der Waals surface area contributed by atoms with Crippen LogP contribution < -0.4 is 0 Å². The Morgan fingerprint density at radius 2 is 1.11 bits per heavy atom. The van der Waals surface area contributed by atoms with E-state index in [1.807, 2.05) is 0 Å². The van der Waals surface area contributed by atoms with Crippen LogP contribution in [0.5, 0.6) is 0 Å². The van der Waals surface area contributed by atoms with Gasteiger partial charge in [-0.15, -0.1) is 0 Å². The average molecular weight is 369 g/mol. The van der Waals surface area contributed by atoms with Crippen LogP contribution in [0.25, 0.3) is 0 Å². The molecular formula is C15H26Cl2Zr. The Morgan fingerprint density at radius 3 is 1.28 bits per heavy atom. The summed E-state index contributed by atoms with van der Waals surface area (Å²) in [6.07, 6.45) is 6.24. The summed E-state index contributed by atoms with van der Waals surface area (Å²) in [5, 5.41) is 0. The molecule has 3 heteroatoms. The van der Waals surface area contributed by atoms with E-state index in [-0.39, 0.29) is 0 Å². The molecule has 0 heterocycles. The predicted octanol–water partition coefficient (Wildman–Crippen LogP) is 6.64. The SMILES string of the molecule is CCC1=C(CC)C(CC)C(CC)=C1CC.[Cl][Zr][Cl]. The van der Waals surface area contributed by atoms with Gasteiger partial charge in [0.05, 0.1) is 0 Å². The van der Waals surface area contributed by atoms with Gasteiger partial charge in [-0.1, -0.05) is 45.8 Å². The summed E-state index contributed by atoms with van der Waals surface area (Å²) in [4.78, 5) is 0. The molecule has 0 atom stereocenters. The van der Waals surface area contributed by atoms with Gasteiger partial charge in [0.2, 0.25) is 0 Å². The molecular weight excluding hydrogens is 342 g/mol. The van der Waals surface area contributed by atoms with E-state index in [0.29, 0.717) is 0 Å². The molecule has 0 aromatic rings. The van der Waals surface area contributed by atoms with Gasteiger partial charge in [-0.3, -0.25) is 0 Å². The molecule has 0 saturated carbocycles. The zero-order valence-electron chi connectivity index (χ0n) is 12.4. The standard InChI is InChI=1S/C15H26.2ClH.Zr/c1-6-11-12(7-2)14(9-4)15(10-5)13(11)8-3;;;/h11H,6-10H2,1-5H3;2*1H;/q;;;+2/p-2. The van der Waals surface area contributed by atoms with Gasteiger partial charge in [0.25, 0.3) is 0 Å². The Labute approximate surface area is 132 Å². The third-order valence-corrected chi connectivity index (χ3v) is 3.86. The van der Waals surface area contributed by atoms with Gasteiger partial charge in [-0.25, -0.2) is 0 Å². The molecule has 0 aliphatic heterocycles. The number of allylic oxidation sites excluding steroid dienone is 4. The first-order valence-electron chi connectivity index (χ1n) is 7.06. The fourth-order valence-electron chi connectivity index (χ4n) is 3.31. The van der Waals surface area contributed by atoms with E-state index >= 15 is 0 Å². The van der Waals surface area contributed by atoms with E-state index in [4.69, 9.17) is 17.0 Å². The van der Waals surface area contributed by atoms with E-state index in [0.717, 1.165) is 5.92 Å². The Kier molecular flexibility index (Phi) is 11.3. The van der Waals surface area contributed by atoms with Crippen molar-refractivity contribution in [2.45, 2.75) is 66.7 Å². The Morgan fingerprint density at radius 1 is 0.778 bits per heavy atom. The predicted molar refractivity (Wildman–Crippen MR) is 80.7 cm³/mol. The summed E-state index contributed by atoms with van der Waals surface area (Å²) in [5.41, 5.74) is 6.88. The molecule has 0 N–H and O–H groups in total. The zero-order valence-corrected chi connectivity index (χ0v) is 16.3. The van der Waals surface area contributed by atoms with Crippen LogP contribution in [-0.4, -0.2) is 0 Å². The van der Waals surface area contributed by atoms with Gasteiger partial charge in [0, 0.05) is 5.92 Å². The molecule has 0 aromatic heterocycles. The second kappa shape index (κ2) is 10.7. The van der Waals surface area contributed by atoms with E-state index < -0.39 is 20.8 Å². The van der Waals surface area contributed by atoms with Crippen molar-refractivity contribution in [1.82, 2.24) is 0 Å². The van der Waals surface area contributed by atoms with Gasteiger partial charge in [0.1, 0.15) is 0 Å². The first kappa shape index (κ1) is 18.9. The third-order valence-electron chi connectivity index (χ3n) is 3.86. The summed E-state index contributed by atoms with van der Waals surface area (Å²) in [7, 11) is 9.87. The van der Waals surface area contributed by atoms with Gasteiger partial charge in [-0.05, 0) is 43.3 Å². The van der Waals surface area contributed by atoms with Crippen molar-refractivity contribution in [1.29, 1.82) is 0 Å². The van der Waals surface area contributed by atoms with E-state index in [2.05, 4.69) is 34.6 Å². The average Bonchev–Trinajstić information content (AvgIpc) is 2.70. The van der Waals surface area contributed by atoms with Crippen molar-refractivity contribution in [2.24, 2.45) is 5.92 Å². The van der Waals surface area contributed by atoms with Crippen molar-refractivity contribution >= 4 is 17.0 Å². The zero-order chi connectivity index (χ0) is 14.1. The van der Waals surface area contributed by atoms with Crippen molar-refractivity contribution < 1.29 is 20.8 Å². The summed E-state index contributed by atoms with van der Waals surface area (Å²) < 4.78 is 0. The second-order valence-corrected chi connectivity index (χ2v) is 8.19. The maximum absolute atomic E-state index is 4.93. The Balaban J connectivity index is 0.000000873.